The van der Waals surface area contributed by atoms with Gasteiger partial charge in [-0.25, -0.2) is 13.4 Å². The van der Waals surface area contributed by atoms with Crippen molar-refractivity contribution in [3.8, 4) is 0 Å². The summed E-state index contributed by atoms with van der Waals surface area (Å²) in [6.45, 7) is 6.58. The summed E-state index contributed by atoms with van der Waals surface area (Å²) in [5, 5.41) is 0. The lowest BCUT2D eigenvalue weighted by Gasteiger charge is -2.44. The van der Waals surface area contributed by atoms with Crippen molar-refractivity contribution in [2.75, 3.05) is 31.1 Å². The summed E-state index contributed by atoms with van der Waals surface area (Å²) in [5.41, 5.74) is 1.25. The average molecular weight is 389 g/mol. The fourth-order valence-electron chi connectivity index (χ4n) is 4.47. The van der Waals surface area contributed by atoms with Gasteiger partial charge in [0.1, 0.15) is 5.82 Å². The molecule has 2 aliphatic rings. The summed E-state index contributed by atoms with van der Waals surface area (Å²) < 4.78 is 26.9. The Kier molecular flexibility index (Phi) is 5.34. The van der Waals surface area contributed by atoms with Gasteiger partial charge in [0.25, 0.3) is 0 Å². The highest BCUT2D eigenvalue weighted by molar-refractivity contribution is 7.91. The molecular formula is C20H28N4O2S. The lowest BCUT2D eigenvalue weighted by Crippen LogP contribution is -2.58. The van der Waals surface area contributed by atoms with Crippen LogP contribution in [0.3, 0.4) is 0 Å². The highest BCUT2D eigenvalue weighted by atomic mass is 32.2. The van der Waals surface area contributed by atoms with E-state index in [1.165, 1.54) is 5.56 Å². The van der Waals surface area contributed by atoms with Crippen molar-refractivity contribution in [1.29, 1.82) is 0 Å². The standard InChI is InChI=1S/C20H28N4O2S/c1-17-21-8-11-22(17)9-5-10-23-12-13-24(14-18-6-3-2-4-7-18)20-16-27(25,26)15-19(20)23/h2-4,6-8,11,19-20H,5,9-10,12-16H2,1H3/t19-,20+/m0/s1. The molecule has 2 fully saturated rings. The van der Waals surface area contributed by atoms with E-state index in [4.69, 9.17) is 0 Å². The summed E-state index contributed by atoms with van der Waals surface area (Å²) in [6.07, 6.45) is 4.85. The van der Waals surface area contributed by atoms with Crippen LogP contribution >= 0.6 is 0 Å². The van der Waals surface area contributed by atoms with E-state index < -0.39 is 9.84 Å². The Morgan fingerprint density at radius 1 is 1.04 bits per heavy atom. The fourth-order valence-corrected chi connectivity index (χ4v) is 6.52. The molecule has 0 spiro atoms. The van der Waals surface area contributed by atoms with Gasteiger partial charge in [0.05, 0.1) is 11.5 Å². The normalized spacial score (nSPS) is 25.5. The van der Waals surface area contributed by atoms with E-state index in [-0.39, 0.29) is 12.1 Å². The lowest BCUT2D eigenvalue weighted by molar-refractivity contribution is 0.0391. The first-order valence-corrected chi connectivity index (χ1v) is 11.5. The summed E-state index contributed by atoms with van der Waals surface area (Å²) in [4.78, 5) is 9.05. The Hall–Kier alpha value is -1.70. The van der Waals surface area contributed by atoms with Crippen LogP contribution in [0.2, 0.25) is 0 Å². The number of hydrogen-bond acceptors (Lipinski definition) is 5. The first kappa shape index (κ1) is 18.7. The van der Waals surface area contributed by atoms with Crippen molar-refractivity contribution in [3.63, 3.8) is 0 Å². The number of hydrogen-bond donors (Lipinski definition) is 0. The molecule has 4 rings (SSSR count). The van der Waals surface area contributed by atoms with Crippen LogP contribution in [0.15, 0.2) is 42.7 Å². The Morgan fingerprint density at radius 3 is 2.44 bits per heavy atom. The van der Waals surface area contributed by atoms with E-state index in [1.54, 1.807) is 0 Å². The molecule has 2 saturated heterocycles. The van der Waals surface area contributed by atoms with Gasteiger partial charge in [0.15, 0.2) is 9.84 Å². The van der Waals surface area contributed by atoms with Crippen LogP contribution in [0, 0.1) is 6.92 Å². The first-order valence-electron chi connectivity index (χ1n) is 9.72. The molecule has 1 aromatic heterocycles. The number of aromatic nitrogens is 2. The summed E-state index contributed by atoms with van der Waals surface area (Å²) in [7, 11) is -2.96. The van der Waals surface area contributed by atoms with Crippen molar-refractivity contribution in [1.82, 2.24) is 19.4 Å². The minimum absolute atomic E-state index is 0.110. The third-order valence-electron chi connectivity index (χ3n) is 5.90. The van der Waals surface area contributed by atoms with Gasteiger partial charge in [-0.2, -0.15) is 0 Å². The second-order valence-corrected chi connectivity index (χ2v) is 9.88. The zero-order valence-corrected chi connectivity index (χ0v) is 16.7. The minimum Gasteiger partial charge on any atom is -0.335 e. The van der Waals surface area contributed by atoms with Gasteiger partial charge in [-0.05, 0) is 18.9 Å². The van der Waals surface area contributed by atoms with E-state index in [0.29, 0.717) is 11.5 Å². The van der Waals surface area contributed by atoms with Crippen LogP contribution in [0.1, 0.15) is 17.8 Å². The minimum atomic E-state index is -2.96. The molecule has 27 heavy (non-hydrogen) atoms. The molecular weight excluding hydrogens is 360 g/mol. The predicted molar refractivity (Wildman–Crippen MR) is 106 cm³/mol. The van der Waals surface area contributed by atoms with Crippen LogP contribution in [0.5, 0.6) is 0 Å². The molecule has 6 nitrogen and oxygen atoms in total. The maximum Gasteiger partial charge on any atom is 0.153 e. The van der Waals surface area contributed by atoms with Crippen molar-refractivity contribution >= 4 is 9.84 Å². The maximum atomic E-state index is 12.4. The van der Waals surface area contributed by atoms with E-state index in [2.05, 4.69) is 31.5 Å². The smallest absolute Gasteiger partial charge is 0.153 e. The summed E-state index contributed by atoms with van der Waals surface area (Å²) in [6, 6.07) is 10.6. The predicted octanol–water partition coefficient (Wildman–Crippen LogP) is 1.57. The second kappa shape index (κ2) is 7.73. The molecule has 0 bridgehead atoms. The number of sulfone groups is 1. The molecule has 3 heterocycles. The second-order valence-electron chi connectivity index (χ2n) is 7.73. The van der Waals surface area contributed by atoms with E-state index in [1.807, 2.05) is 37.5 Å². The molecule has 0 amide bonds. The monoisotopic (exact) mass is 388 g/mol. The first-order chi connectivity index (χ1) is 13.0. The quantitative estimate of drug-likeness (QED) is 0.752. The third-order valence-corrected chi connectivity index (χ3v) is 7.60. The summed E-state index contributed by atoms with van der Waals surface area (Å²) in [5.74, 6) is 1.62. The molecule has 2 atom stereocenters. The molecule has 7 heteroatoms. The Labute approximate surface area is 161 Å². The lowest BCUT2D eigenvalue weighted by atomic mass is 10.0. The number of benzene rings is 1. The SMILES string of the molecule is Cc1nccn1CCCN1CCN(Cc2ccccc2)[C@@H]2CS(=O)(=O)C[C@@H]21. The topological polar surface area (TPSA) is 58.4 Å². The van der Waals surface area contributed by atoms with Gasteiger partial charge < -0.3 is 4.57 Å². The Morgan fingerprint density at radius 2 is 1.74 bits per heavy atom. The molecule has 0 radical (unpaired) electrons. The molecule has 2 aliphatic heterocycles. The van der Waals surface area contributed by atoms with Gasteiger partial charge in [0.2, 0.25) is 0 Å². The van der Waals surface area contributed by atoms with Gasteiger partial charge in [0, 0.05) is 57.2 Å². The number of aryl methyl sites for hydroxylation is 2. The van der Waals surface area contributed by atoms with Crippen molar-refractivity contribution in [2.24, 2.45) is 0 Å². The zero-order valence-electron chi connectivity index (χ0n) is 15.9. The van der Waals surface area contributed by atoms with Crippen LogP contribution in [0.25, 0.3) is 0 Å². The van der Waals surface area contributed by atoms with Gasteiger partial charge in [-0.15, -0.1) is 0 Å². The molecule has 1 aromatic carbocycles. The third kappa shape index (κ3) is 4.25. The summed E-state index contributed by atoms with van der Waals surface area (Å²) >= 11 is 0. The van der Waals surface area contributed by atoms with E-state index >= 15 is 0 Å². The number of nitrogens with zero attached hydrogens (tertiary/aromatic N) is 4. The number of imidazole rings is 1. The highest BCUT2D eigenvalue weighted by Crippen LogP contribution is 2.28. The van der Waals surface area contributed by atoms with Gasteiger partial charge in [-0.3, -0.25) is 9.80 Å². The molecule has 2 aromatic rings. The van der Waals surface area contributed by atoms with Crippen molar-refractivity contribution in [3.05, 3.63) is 54.1 Å². The van der Waals surface area contributed by atoms with Crippen LogP contribution < -0.4 is 0 Å². The Balaban J connectivity index is 1.41. The van der Waals surface area contributed by atoms with Crippen LogP contribution in [0.4, 0.5) is 0 Å². The Bertz CT molecular complexity index is 865. The number of rotatable bonds is 6. The maximum absolute atomic E-state index is 12.4. The van der Waals surface area contributed by atoms with Crippen LogP contribution in [-0.2, 0) is 22.9 Å². The van der Waals surface area contributed by atoms with Gasteiger partial charge in [-0.1, -0.05) is 30.3 Å². The number of piperazine rings is 1. The van der Waals surface area contributed by atoms with Crippen molar-refractivity contribution in [2.45, 2.75) is 38.5 Å². The number of fused-ring (bicyclic) bond motifs is 1. The molecule has 0 N–H and O–H groups in total. The van der Waals surface area contributed by atoms with E-state index in [0.717, 1.165) is 45.0 Å². The van der Waals surface area contributed by atoms with Crippen molar-refractivity contribution < 1.29 is 8.42 Å². The van der Waals surface area contributed by atoms with Crippen LogP contribution in [-0.4, -0.2) is 71.0 Å². The van der Waals surface area contributed by atoms with E-state index in [9.17, 15) is 8.42 Å². The fraction of sp³-hybridized carbons (Fsp3) is 0.550. The molecule has 0 aliphatic carbocycles. The van der Waals surface area contributed by atoms with Gasteiger partial charge >= 0.3 is 0 Å². The average Bonchev–Trinajstić information content (AvgIpc) is 3.20. The molecule has 0 saturated carbocycles. The molecule has 146 valence electrons. The molecule has 0 unspecified atom stereocenters. The largest absolute Gasteiger partial charge is 0.335 e. The highest BCUT2D eigenvalue weighted by Gasteiger charge is 2.46. The zero-order chi connectivity index (χ0) is 18.9.